The number of nitrogens with zero attached hydrogens (tertiary/aromatic N) is 5. The van der Waals surface area contributed by atoms with Gasteiger partial charge in [0.05, 0.1) is 27.5 Å². The van der Waals surface area contributed by atoms with E-state index in [0.717, 1.165) is 106 Å². The van der Waals surface area contributed by atoms with Crippen molar-refractivity contribution in [2.75, 3.05) is 6.61 Å². The lowest BCUT2D eigenvalue weighted by Gasteiger charge is -2.26. The van der Waals surface area contributed by atoms with Crippen LogP contribution < -0.4 is 4.74 Å². The molecule has 16 rings (SSSR count). The summed E-state index contributed by atoms with van der Waals surface area (Å²) in [6, 6.07) is 82.0. The maximum Gasteiger partial charge on any atom is 0.164 e. The van der Waals surface area contributed by atoms with Gasteiger partial charge in [0.2, 0.25) is 0 Å². The van der Waals surface area contributed by atoms with Crippen molar-refractivity contribution in [1.29, 1.82) is 0 Å². The molecule has 0 amide bonds. The molecule has 5 heterocycles. The second-order valence-electron chi connectivity index (χ2n) is 21.1. The van der Waals surface area contributed by atoms with Gasteiger partial charge in [0, 0.05) is 71.5 Å². The molecular formula is C73H53N5O2. The van der Waals surface area contributed by atoms with Gasteiger partial charge in [-0.1, -0.05) is 196 Å². The Morgan fingerprint density at radius 2 is 1.05 bits per heavy atom. The molecular weight excluding hydrogens is 979 g/mol. The fourth-order valence-corrected chi connectivity index (χ4v) is 12.2. The summed E-state index contributed by atoms with van der Waals surface area (Å²) in [5.74, 6) is 2.81. The Morgan fingerprint density at radius 1 is 0.438 bits per heavy atom. The van der Waals surface area contributed by atoms with Crippen LogP contribution in [0.5, 0.6) is 5.75 Å². The van der Waals surface area contributed by atoms with E-state index in [1.807, 2.05) is 36.4 Å². The van der Waals surface area contributed by atoms with Crippen LogP contribution in [0.4, 0.5) is 0 Å². The lowest BCUT2D eigenvalue weighted by atomic mass is 9.76. The molecule has 0 radical (unpaired) electrons. The van der Waals surface area contributed by atoms with Gasteiger partial charge in [0.1, 0.15) is 23.5 Å². The van der Waals surface area contributed by atoms with Gasteiger partial charge in [-0.15, -0.1) is 0 Å². The van der Waals surface area contributed by atoms with E-state index in [4.69, 9.17) is 24.1 Å². The van der Waals surface area contributed by atoms with Gasteiger partial charge >= 0.3 is 0 Å². The van der Waals surface area contributed by atoms with Gasteiger partial charge < -0.3 is 18.3 Å². The molecule has 0 N–H and O–H groups in total. The summed E-state index contributed by atoms with van der Waals surface area (Å²) in [6.07, 6.45) is 8.73. The number of aromatic nitrogens is 5. The van der Waals surface area contributed by atoms with E-state index >= 15 is 0 Å². The molecule has 1 unspecified atom stereocenters. The molecule has 2 aliphatic rings. The van der Waals surface area contributed by atoms with Crippen LogP contribution in [-0.2, 0) is 5.41 Å². The molecule has 1 atom stereocenters. The minimum Gasteiger partial charge on any atom is -0.492 e. The maximum absolute atomic E-state index is 6.38. The smallest absolute Gasteiger partial charge is 0.164 e. The van der Waals surface area contributed by atoms with Crippen LogP contribution in [0, 0.1) is 0 Å². The minimum atomic E-state index is -0.219. The van der Waals surface area contributed by atoms with E-state index in [0.29, 0.717) is 24.1 Å². The number of benzene rings is 10. The highest BCUT2D eigenvalue weighted by Gasteiger charge is 2.39. The van der Waals surface area contributed by atoms with E-state index in [1.54, 1.807) is 0 Å². The maximum atomic E-state index is 6.38. The van der Waals surface area contributed by atoms with Crippen molar-refractivity contribution in [3.63, 3.8) is 0 Å². The third kappa shape index (κ3) is 7.76. The number of fused-ring (bicyclic) bond motifs is 11. The summed E-state index contributed by atoms with van der Waals surface area (Å²) in [5.41, 5.74) is 16.6. The number of furan rings is 1. The van der Waals surface area contributed by atoms with Crippen LogP contribution in [0.3, 0.4) is 0 Å². The van der Waals surface area contributed by atoms with E-state index in [2.05, 4.69) is 235 Å². The Kier molecular flexibility index (Phi) is 11.3. The zero-order valence-electron chi connectivity index (χ0n) is 44.3. The van der Waals surface area contributed by atoms with E-state index in [1.165, 1.54) is 33.8 Å². The number of ether oxygens (including phenoxy) is 1. The fourth-order valence-electron chi connectivity index (χ4n) is 12.2. The molecule has 4 aromatic heterocycles. The standard InChI is InChI=1S/C70H45N5O2.C3H8/c1-2-15-44(16-3-1)67-71-68(45-35-37-70(38-36-45)43-76-64-30-11-7-26-59(64)70)73-69(72-67)49-19-13-20-50(40-49)75-62-34-32-51(74-60-27-8-4-21-53(60)54-22-5-9-28-61(54)74)42-58(62)57-25-14-24-52(66(57)75)48-18-12-17-46(39-48)47-31-33-56-55-23-6-10-29-63(55)77-65(56)41-47;1-3-2/h1-37,39-42H,38,43H2;3H2,1-2H3. The highest BCUT2D eigenvalue weighted by atomic mass is 16.5. The van der Waals surface area contributed by atoms with Crippen LogP contribution >= 0.6 is 0 Å². The van der Waals surface area contributed by atoms with Crippen molar-refractivity contribution >= 4 is 71.1 Å². The summed E-state index contributed by atoms with van der Waals surface area (Å²) in [6.45, 7) is 4.86. The summed E-state index contributed by atoms with van der Waals surface area (Å²) in [5, 5.41) is 7.00. The summed E-state index contributed by atoms with van der Waals surface area (Å²) in [7, 11) is 0. The SMILES string of the molecule is C1=CC2(CC=C1c1nc(-c3ccccc3)nc(-c3cccc(-n4c5ccc(-n6c7ccccc7c7ccccc76)cc5c5cccc(-c6cccc(-c7ccc8c(c7)oc7ccccc78)c6)c54)c3)n1)COc1ccccc12.CCC. The number of hydrogen-bond acceptors (Lipinski definition) is 5. The van der Waals surface area contributed by atoms with Gasteiger partial charge in [-0.05, 0) is 95.9 Å². The largest absolute Gasteiger partial charge is 0.492 e. The van der Waals surface area contributed by atoms with E-state index in [9.17, 15) is 0 Å². The Morgan fingerprint density at radius 3 is 1.86 bits per heavy atom. The van der Waals surface area contributed by atoms with Crippen molar-refractivity contribution in [3.8, 4) is 62.2 Å². The summed E-state index contributed by atoms with van der Waals surface area (Å²) >= 11 is 0. The van der Waals surface area contributed by atoms with Gasteiger partial charge in [-0.2, -0.15) is 0 Å². The van der Waals surface area contributed by atoms with E-state index < -0.39 is 0 Å². The lowest BCUT2D eigenvalue weighted by Crippen LogP contribution is -2.26. The normalized spacial score (nSPS) is 14.8. The molecule has 7 nitrogen and oxygen atoms in total. The van der Waals surface area contributed by atoms with Crippen molar-refractivity contribution < 1.29 is 9.15 Å². The Balaban J connectivity index is 0.00000180. The molecule has 7 heteroatoms. The minimum absolute atomic E-state index is 0.219. The predicted molar refractivity (Wildman–Crippen MR) is 329 cm³/mol. The highest BCUT2D eigenvalue weighted by molar-refractivity contribution is 6.15. The fraction of sp³-hybridized carbons (Fsp3) is 0.0822. The average molecular weight is 1030 g/mol. The first-order valence-electron chi connectivity index (χ1n) is 27.6. The zero-order valence-corrected chi connectivity index (χ0v) is 44.3. The number of rotatable bonds is 7. The molecule has 14 aromatic rings. The second kappa shape index (κ2) is 19.1. The van der Waals surface area contributed by atoms with Gasteiger partial charge in [-0.3, -0.25) is 0 Å². The molecule has 80 heavy (non-hydrogen) atoms. The second-order valence-corrected chi connectivity index (χ2v) is 21.1. The van der Waals surface area contributed by atoms with Gasteiger partial charge in [0.15, 0.2) is 17.5 Å². The monoisotopic (exact) mass is 1030 g/mol. The van der Waals surface area contributed by atoms with Gasteiger partial charge in [-0.25, -0.2) is 15.0 Å². The quantitative estimate of drug-likeness (QED) is 0.159. The topological polar surface area (TPSA) is 70.9 Å². The van der Waals surface area contributed by atoms with Crippen molar-refractivity contribution in [2.24, 2.45) is 0 Å². The van der Waals surface area contributed by atoms with Crippen LogP contribution in [0.1, 0.15) is 38.1 Å². The van der Waals surface area contributed by atoms with Crippen LogP contribution in [-0.4, -0.2) is 30.7 Å². The van der Waals surface area contributed by atoms with Crippen molar-refractivity contribution in [2.45, 2.75) is 32.1 Å². The van der Waals surface area contributed by atoms with Crippen molar-refractivity contribution in [3.05, 3.63) is 260 Å². The molecule has 10 aromatic carbocycles. The molecule has 1 aliphatic carbocycles. The first-order valence-corrected chi connectivity index (χ1v) is 27.6. The Hall–Kier alpha value is -10.1. The zero-order chi connectivity index (χ0) is 53.3. The molecule has 0 bridgehead atoms. The number of allylic oxidation sites excluding steroid dienone is 3. The number of hydrogen-bond donors (Lipinski definition) is 0. The summed E-state index contributed by atoms with van der Waals surface area (Å²) < 4.78 is 17.4. The third-order valence-corrected chi connectivity index (χ3v) is 16.0. The summed E-state index contributed by atoms with van der Waals surface area (Å²) in [4.78, 5) is 15.7. The van der Waals surface area contributed by atoms with E-state index in [-0.39, 0.29) is 5.41 Å². The van der Waals surface area contributed by atoms with Crippen LogP contribution in [0.25, 0.3) is 128 Å². The first kappa shape index (κ1) is 47.1. The molecule has 382 valence electrons. The predicted octanol–water partition coefficient (Wildman–Crippen LogP) is 18.7. The molecule has 0 fully saturated rings. The third-order valence-electron chi connectivity index (χ3n) is 16.0. The molecule has 0 saturated heterocycles. The van der Waals surface area contributed by atoms with Crippen molar-refractivity contribution in [1.82, 2.24) is 24.1 Å². The number of para-hydroxylation sites is 5. The highest BCUT2D eigenvalue weighted by Crippen LogP contribution is 2.46. The Bertz CT molecular complexity index is 4770. The Labute approximate surface area is 463 Å². The van der Waals surface area contributed by atoms with Crippen LogP contribution in [0.2, 0.25) is 0 Å². The molecule has 1 aliphatic heterocycles. The molecule has 1 spiro atoms. The molecule has 0 saturated carbocycles. The van der Waals surface area contributed by atoms with Crippen LogP contribution in [0.15, 0.2) is 253 Å². The average Bonchev–Trinajstić information content (AvgIpc) is 4.48. The first-order chi connectivity index (χ1) is 39.5. The lowest BCUT2D eigenvalue weighted by molar-refractivity contribution is 0.296. The van der Waals surface area contributed by atoms with Gasteiger partial charge in [0.25, 0.3) is 0 Å².